The molecule has 0 heterocycles. The normalized spacial score (nSPS) is 10.4. The second kappa shape index (κ2) is 5.35. The highest BCUT2D eigenvalue weighted by Gasteiger charge is 2.02. The summed E-state index contributed by atoms with van der Waals surface area (Å²) >= 11 is 0. The van der Waals surface area contributed by atoms with Gasteiger partial charge in [-0.05, 0) is 74.6 Å². The molecule has 0 saturated heterocycles. The van der Waals surface area contributed by atoms with Crippen molar-refractivity contribution < 1.29 is 0 Å². The maximum atomic E-state index is 3.32. The molecule has 0 fully saturated rings. The summed E-state index contributed by atoms with van der Waals surface area (Å²) < 4.78 is 0. The predicted molar refractivity (Wildman–Crippen MR) is 83.8 cm³/mol. The van der Waals surface area contributed by atoms with Crippen molar-refractivity contribution in [1.82, 2.24) is 0 Å². The van der Waals surface area contributed by atoms with E-state index in [0.717, 1.165) is 11.4 Å². The Morgan fingerprint density at radius 1 is 0.579 bits per heavy atom. The van der Waals surface area contributed by atoms with Crippen LogP contribution in [0, 0.1) is 34.6 Å². The van der Waals surface area contributed by atoms with Crippen LogP contribution in [-0.2, 0) is 0 Å². The maximum Gasteiger partial charge on any atom is 0.0571 e. The van der Waals surface area contributed by atoms with E-state index in [4.69, 9.17) is 0 Å². The van der Waals surface area contributed by atoms with E-state index in [2.05, 4.69) is 75.8 Å². The lowest BCUT2D eigenvalue weighted by atomic mass is 10.1. The van der Waals surface area contributed by atoms with E-state index in [1.807, 2.05) is 0 Å². The Morgan fingerprint density at radius 2 is 1.16 bits per heavy atom. The van der Waals surface area contributed by atoms with Crippen molar-refractivity contribution >= 4 is 11.4 Å². The summed E-state index contributed by atoms with van der Waals surface area (Å²) in [6.45, 7) is 10.6. The second-order valence-electron chi connectivity index (χ2n) is 5.32. The average molecular weight is 254 g/mol. The van der Waals surface area contributed by atoms with Gasteiger partial charge in [0.2, 0.25) is 0 Å². The molecule has 0 aliphatic carbocycles. The quantitative estimate of drug-likeness (QED) is 0.778. The molecular weight excluding hydrogens is 232 g/mol. The maximum absolute atomic E-state index is 3.32. The van der Waals surface area contributed by atoms with E-state index < -0.39 is 0 Å². The van der Waals surface area contributed by atoms with Crippen LogP contribution in [0.15, 0.2) is 30.3 Å². The zero-order chi connectivity index (χ0) is 14.0. The van der Waals surface area contributed by atoms with Crippen molar-refractivity contribution in [2.75, 3.05) is 10.9 Å². The van der Waals surface area contributed by atoms with E-state index in [9.17, 15) is 0 Å². The van der Waals surface area contributed by atoms with Crippen molar-refractivity contribution in [3.63, 3.8) is 0 Å². The molecule has 0 aliphatic heterocycles. The zero-order valence-electron chi connectivity index (χ0n) is 12.4. The van der Waals surface area contributed by atoms with Crippen LogP contribution in [0.1, 0.15) is 27.8 Å². The fraction of sp³-hybridized carbons (Fsp3) is 0.294. The Labute approximate surface area is 115 Å². The number of rotatable bonds is 3. The number of hydrazine groups is 1. The van der Waals surface area contributed by atoms with Crippen LogP contribution in [0.3, 0.4) is 0 Å². The van der Waals surface area contributed by atoms with Crippen LogP contribution in [0.25, 0.3) is 0 Å². The van der Waals surface area contributed by atoms with Gasteiger partial charge in [0, 0.05) is 0 Å². The van der Waals surface area contributed by atoms with E-state index >= 15 is 0 Å². The smallest absolute Gasteiger partial charge is 0.0571 e. The van der Waals surface area contributed by atoms with Gasteiger partial charge in [0.25, 0.3) is 0 Å². The average Bonchev–Trinajstić information content (AvgIpc) is 2.36. The monoisotopic (exact) mass is 254 g/mol. The standard InChI is InChI=1S/C17H22N2/c1-11-6-7-12(2)16(8-11)18-19-17-10-14(4)13(3)9-15(17)5/h6-10,18-19H,1-5H3. The Bertz CT molecular complexity index is 600. The van der Waals surface area contributed by atoms with Crippen LogP contribution < -0.4 is 10.9 Å². The molecule has 2 nitrogen and oxygen atoms in total. The summed E-state index contributed by atoms with van der Waals surface area (Å²) in [4.78, 5) is 0. The van der Waals surface area contributed by atoms with Crippen molar-refractivity contribution in [3.05, 3.63) is 58.1 Å². The topological polar surface area (TPSA) is 24.1 Å². The fourth-order valence-electron chi connectivity index (χ4n) is 2.10. The molecule has 100 valence electrons. The van der Waals surface area contributed by atoms with Gasteiger partial charge in [-0.15, -0.1) is 0 Å². The molecule has 2 aromatic rings. The number of hydrogen-bond acceptors (Lipinski definition) is 2. The van der Waals surface area contributed by atoms with Crippen LogP contribution in [0.2, 0.25) is 0 Å². The fourth-order valence-corrected chi connectivity index (χ4v) is 2.10. The second-order valence-corrected chi connectivity index (χ2v) is 5.32. The Hall–Kier alpha value is -1.96. The lowest BCUT2D eigenvalue weighted by Gasteiger charge is -2.16. The van der Waals surface area contributed by atoms with Crippen LogP contribution in [-0.4, -0.2) is 0 Å². The van der Waals surface area contributed by atoms with Gasteiger partial charge in [0.15, 0.2) is 0 Å². The molecule has 2 N–H and O–H groups in total. The third kappa shape index (κ3) is 3.08. The van der Waals surface area contributed by atoms with Crippen molar-refractivity contribution in [2.24, 2.45) is 0 Å². The minimum Gasteiger partial charge on any atom is -0.301 e. The first-order valence-corrected chi connectivity index (χ1v) is 6.64. The summed E-state index contributed by atoms with van der Waals surface area (Å²) in [5, 5.41) is 0. The van der Waals surface area contributed by atoms with Gasteiger partial charge in [-0.2, -0.15) is 0 Å². The minimum absolute atomic E-state index is 1.12. The van der Waals surface area contributed by atoms with Gasteiger partial charge < -0.3 is 10.9 Å². The van der Waals surface area contributed by atoms with Crippen molar-refractivity contribution in [2.45, 2.75) is 34.6 Å². The lowest BCUT2D eigenvalue weighted by Crippen LogP contribution is -2.11. The largest absolute Gasteiger partial charge is 0.301 e. The number of anilines is 2. The third-order valence-electron chi connectivity index (χ3n) is 3.57. The molecule has 2 aromatic carbocycles. The summed E-state index contributed by atoms with van der Waals surface area (Å²) in [5.74, 6) is 0. The summed E-state index contributed by atoms with van der Waals surface area (Å²) in [7, 11) is 0. The van der Waals surface area contributed by atoms with Crippen LogP contribution in [0.5, 0.6) is 0 Å². The molecule has 0 spiro atoms. The van der Waals surface area contributed by atoms with E-state index in [0.29, 0.717) is 0 Å². The number of aryl methyl sites for hydroxylation is 5. The van der Waals surface area contributed by atoms with Crippen LogP contribution >= 0.6 is 0 Å². The van der Waals surface area contributed by atoms with Gasteiger partial charge in [-0.3, -0.25) is 0 Å². The SMILES string of the molecule is Cc1ccc(C)c(NNc2cc(C)c(C)cc2C)c1. The van der Waals surface area contributed by atoms with Gasteiger partial charge in [0.05, 0.1) is 11.4 Å². The van der Waals surface area contributed by atoms with Crippen LogP contribution in [0.4, 0.5) is 11.4 Å². The Kier molecular flexibility index (Phi) is 3.79. The minimum atomic E-state index is 1.12. The molecule has 0 bridgehead atoms. The van der Waals surface area contributed by atoms with Crippen molar-refractivity contribution in [3.8, 4) is 0 Å². The first kappa shape index (κ1) is 13.5. The number of nitrogens with one attached hydrogen (secondary N) is 2. The highest BCUT2D eigenvalue weighted by molar-refractivity contribution is 5.61. The lowest BCUT2D eigenvalue weighted by molar-refractivity contribution is 1.26. The van der Waals surface area contributed by atoms with Gasteiger partial charge in [0.1, 0.15) is 0 Å². The molecule has 19 heavy (non-hydrogen) atoms. The molecule has 0 atom stereocenters. The highest BCUT2D eigenvalue weighted by Crippen LogP contribution is 2.21. The van der Waals surface area contributed by atoms with E-state index in [1.165, 1.54) is 27.8 Å². The zero-order valence-corrected chi connectivity index (χ0v) is 12.4. The van der Waals surface area contributed by atoms with Gasteiger partial charge in [-0.1, -0.05) is 18.2 Å². The first-order chi connectivity index (χ1) is 8.97. The molecule has 0 aliphatic rings. The number of hydrogen-bond donors (Lipinski definition) is 2. The molecule has 2 heteroatoms. The predicted octanol–water partition coefficient (Wildman–Crippen LogP) is 4.67. The molecule has 2 rings (SSSR count). The third-order valence-corrected chi connectivity index (χ3v) is 3.57. The highest BCUT2D eigenvalue weighted by atomic mass is 15.4. The first-order valence-electron chi connectivity index (χ1n) is 6.64. The molecule has 0 amide bonds. The summed E-state index contributed by atoms with van der Waals surface area (Å²) in [6.07, 6.45) is 0. The summed E-state index contributed by atoms with van der Waals surface area (Å²) in [5.41, 5.74) is 15.2. The molecule has 0 saturated carbocycles. The van der Waals surface area contributed by atoms with E-state index in [1.54, 1.807) is 0 Å². The summed E-state index contributed by atoms with van der Waals surface area (Å²) in [6, 6.07) is 10.8. The number of benzene rings is 2. The Balaban J connectivity index is 2.19. The van der Waals surface area contributed by atoms with Gasteiger partial charge >= 0.3 is 0 Å². The van der Waals surface area contributed by atoms with Crippen molar-refractivity contribution in [1.29, 1.82) is 0 Å². The Morgan fingerprint density at radius 3 is 1.84 bits per heavy atom. The molecule has 0 unspecified atom stereocenters. The van der Waals surface area contributed by atoms with E-state index in [-0.39, 0.29) is 0 Å². The molecule has 0 aromatic heterocycles. The van der Waals surface area contributed by atoms with Gasteiger partial charge in [-0.25, -0.2) is 0 Å². The molecular formula is C17H22N2. The molecule has 0 radical (unpaired) electrons.